The molecular weight excluding hydrogens is 196 g/mol. The molecule has 0 fully saturated rings. The molecule has 5 nitrogen and oxygen atoms in total. The lowest BCUT2D eigenvalue weighted by atomic mass is 10.1. The topological polar surface area (TPSA) is 84.6 Å². The van der Waals surface area contributed by atoms with E-state index in [0.29, 0.717) is 19.8 Å². The van der Waals surface area contributed by atoms with Crippen LogP contribution in [0.5, 0.6) is 0 Å². The Kier molecular flexibility index (Phi) is 9.46. The first kappa shape index (κ1) is 14.3. The molecule has 4 N–H and O–H groups in total. The van der Waals surface area contributed by atoms with E-state index in [-0.39, 0.29) is 12.5 Å². The predicted molar refractivity (Wildman–Crippen MR) is 58.4 cm³/mol. The fourth-order valence-electron chi connectivity index (χ4n) is 1.10. The molecule has 0 saturated carbocycles. The molecule has 1 atom stereocenters. The minimum atomic E-state index is -0.414. The molecule has 0 rings (SSSR count). The van der Waals surface area contributed by atoms with Crippen LogP contribution in [-0.2, 0) is 9.53 Å². The quantitative estimate of drug-likeness (QED) is 0.461. The van der Waals surface area contributed by atoms with Gasteiger partial charge in [-0.25, -0.2) is 0 Å². The molecule has 0 aliphatic rings. The van der Waals surface area contributed by atoms with Gasteiger partial charge < -0.3 is 20.9 Å². The van der Waals surface area contributed by atoms with Gasteiger partial charge in [-0.3, -0.25) is 4.79 Å². The maximum absolute atomic E-state index is 11.3. The number of hydrogen-bond acceptors (Lipinski definition) is 4. The van der Waals surface area contributed by atoms with Crippen LogP contribution in [0, 0.1) is 0 Å². The maximum Gasteiger partial charge on any atom is 0.236 e. The van der Waals surface area contributed by atoms with Crippen LogP contribution in [0.1, 0.15) is 26.2 Å². The van der Waals surface area contributed by atoms with Crippen LogP contribution in [0.2, 0.25) is 0 Å². The Balaban J connectivity index is 3.38. The van der Waals surface area contributed by atoms with Gasteiger partial charge in [0.2, 0.25) is 5.91 Å². The van der Waals surface area contributed by atoms with E-state index in [1.165, 1.54) is 0 Å². The average molecular weight is 218 g/mol. The minimum Gasteiger partial charge on any atom is -0.394 e. The predicted octanol–water partition coefficient (Wildman–Crippen LogP) is -0.371. The molecule has 0 aromatic rings. The highest BCUT2D eigenvalue weighted by molar-refractivity contribution is 5.81. The van der Waals surface area contributed by atoms with Gasteiger partial charge in [-0.05, 0) is 6.42 Å². The summed E-state index contributed by atoms with van der Waals surface area (Å²) >= 11 is 0. The van der Waals surface area contributed by atoms with Crippen molar-refractivity contribution in [1.29, 1.82) is 0 Å². The van der Waals surface area contributed by atoms with Crippen molar-refractivity contribution in [3.8, 4) is 0 Å². The van der Waals surface area contributed by atoms with Crippen molar-refractivity contribution >= 4 is 5.91 Å². The lowest BCUT2D eigenvalue weighted by Crippen LogP contribution is -2.41. The molecular formula is C10H22N2O3. The van der Waals surface area contributed by atoms with E-state index < -0.39 is 6.04 Å². The summed E-state index contributed by atoms with van der Waals surface area (Å²) in [6, 6.07) is -0.414. The lowest BCUT2D eigenvalue weighted by molar-refractivity contribution is -0.122. The van der Waals surface area contributed by atoms with Crippen LogP contribution < -0.4 is 11.1 Å². The molecule has 1 unspecified atom stereocenters. The molecule has 0 saturated heterocycles. The average Bonchev–Trinajstić information content (AvgIpc) is 2.25. The van der Waals surface area contributed by atoms with Crippen LogP contribution in [0.15, 0.2) is 0 Å². The summed E-state index contributed by atoms with van der Waals surface area (Å²) in [7, 11) is 0. The van der Waals surface area contributed by atoms with Gasteiger partial charge >= 0.3 is 0 Å². The zero-order valence-electron chi connectivity index (χ0n) is 9.37. The number of aliphatic hydroxyl groups is 1. The SMILES string of the molecule is CCCCC(N)C(=O)NCCOCCO. The third kappa shape index (κ3) is 8.35. The maximum atomic E-state index is 11.3. The minimum absolute atomic E-state index is 0.00393. The van der Waals surface area contributed by atoms with Crippen molar-refractivity contribution in [2.24, 2.45) is 5.73 Å². The van der Waals surface area contributed by atoms with Gasteiger partial charge in [0.15, 0.2) is 0 Å². The van der Waals surface area contributed by atoms with Crippen LogP contribution in [0.25, 0.3) is 0 Å². The molecule has 15 heavy (non-hydrogen) atoms. The second-order valence-corrected chi connectivity index (χ2v) is 3.38. The monoisotopic (exact) mass is 218 g/mol. The van der Waals surface area contributed by atoms with E-state index in [9.17, 15) is 4.79 Å². The zero-order valence-corrected chi connectivity index (χ0v) is 9.37. The van der Waals surface area contributed by atoms with Gasteiger partial charge in [-0.15, -0.1) is 0 Å². The Morgan fingerprint density at radius 1 is 1.53 bits per heavy atom. The molecule has 0 spiro atoms. The number of nitrogens with two attached hydrogens (primary N) is 1. The fraction of sp³-hybridized carbons (Fsp3) is 0.900. The Labute approximate surface area is 91.0 Å². The van der Waals surface area contributed by atoms with Gasteiger partial charge in [0.25, 0.3) is 0 Å². The highest BCUT2D eigenvalue weighted by atomic mass is 16.5. The fourth-order valence-corrected chi connectivity index (χ4v) is 1.10. The molecule has 0 aliphatic carbocycles. The van der Waals surface area contributed by atoms with Crippen LogP contribution in [-0.4, -0.2) is 43.4 Å². The van der Waals surface area contributed by atoms with Gasteiger partial charge in [0, 0.05) is 6.54 Å². The number of carbonyl (C=O) groups excluding carboxylic acids is 1. The second kappa shape index (κ2) is 9.89. The van der Waals surface area contributed by atoms with E-state index in [0.717, 1.165) is 19.3 Å². The Morgan fingerprint density at radius 3 is 2.87 bits per heavy atom. The summed E-state index contributed by atoms with van der Waals surface area (Å²) in [4.78, 5) is 11.3. The number of unbranched alkanes of at least 4 members (excludes halogenated alkanes) is 1. The highest BCUT2D eigenvalue weighted by Gasteiger charge is 2.11. The summed E-state index contributed by atoms with van der Waals surface area (Å²) in [5.41, 5.74) is 5.65. The summed E-state index contributed by atoms with van der Waals surface area (Å²) in [6.45, 7) is 3.22. The Morgan fingerprint density at radius 2 is 2.27 bits per heavy atom. The third-order valence-electron chi connectivity index (χ3n) is 1.99. The normalized spacial score (nSPS) is 12.5. The van der Waals surface area contributed by atoms with Gasteiger partial charge in [0.1, 0.15) is 0 Å². The highest BCUT2D eigenvalue weighted by Crippen LogP contribution is 1.97. The summed E-state index contributed by atoms with van der Waals surface area (Å²) < 4.78 is 4.99. The number of nitrogens with one attached hydrogen (secondary N) is 1. The second-order valence-electron chi connectivity index (χ2n) is 3.38. The number of carbonyl (C=O) groups is 1. The molecule has 1 amide bonds. The van der Waals surface area contributed by atoms with Crippen molar-refractivity contribution < 1.29 is 14.6 Å². The molecule has 0 aromatic carbocycles. The molecule has 5 heteroatoms. The zero-order chi connectivity index (χ0) is 11.5. The molecule has 0 radical (unpaired) electrons. The summed E-state index contributed by atoms with van der Waals surface area (Å²) in [6.07, 6.45) is 2.73. The van der Waals surface area contributed by atoms with Crippen LogP contribution in [0.4, 0.5) is 0 Å². The van der Waals surface area contributed by atoms with Gasteiger partial charge in [0.05, 0.1) is 25.9 Å². The Bertz CT molecular complexity index is 165. The number of hydrogen-bond donors (Lipinski definition) is 3. The van der Waals surface area contributed by atoms with Crippen LogP contribution in [0.3, 0.4) is 0 Å². The number of rotatable bonds is 9. The van der Waals surface area contributed by atoms with E-state index in [2.05, 4.69) is 12.2 Å². The van der Waals surface area contributed by atoms with Gasteiger partial charge in [-0.2, -0.15) is 0 Å². The smallest absolute Gasteiger partial charge is 0.236 e. The first-order valence-corrected chi connectivity index (χ1v) is 5.44. The first-order valence-electron chi connectivity index (χ1n) is 5.44. The van der Waals surface area contributed by atoms with E-state index in [4.69, 9.17) is 15.6 Å². The summed E-state index contributed by atoms with van der Waals surface area (Å²) in [5.74, 6) is -0.129. The number of ether oxygens (including phenoxy) is 1. The van der Waals surface area contributed by atoms with Gasteiger partial charge in [-0.1, -0.05) is 19.8 Å². The van der Waals surface area contributed by atoms with E-state index >= 15 is 0 Å². The van der Waals surface area contributed by atoms with Crippen molar-refractivity contribution in [1.82, 2.24) is 5.32 Å². The van der Waals surface area contributed by atoms with Crippen molar-refractivity contribution in [3.05, 3.63) is 0 Å². The van der Waals surface area contributed by atoms with E-state index in [1.54, 1.807) is 0 Å². The van der Waals surface area contributed by atoms with Crippen molar-refractivity contribution in [2.75, 3.05) is 26.4 Å². The molecule has 0 heterocycles. The third-order valence-corrected chi connectivity index (χ3v) is 1.99. The lowest BCUT2D eigenvalue weighted by Gasteiger charge is -2.11. The summed E-state index contributed by atoms with van der Waals surface area (Å²) in [5, 5.41) is 11.1. The Hall–Kier alpha value is -0.650. The van der Waals surface area contributed by atoms with E-state index in [1.807, 2.05) is 0 Å². The molecule has 0 bridgehead atoms. The van der Waals surface area contributed by atoms with Crippen molar-refractivity contribution in [3.63, 3.8) is 0 Å². The standard InChI is InChI=1S/C10H22N2O3/c1-2-3-4-9(11)10(14)12-5-7-15-8-6-13/h9,13H,2-8,11H2,1H3,(H,12,14). The number of aliphatic hydroxyl groups excluding tert-OH is 1. The molecule has 0 aromatic heterocycles. The first-order chi connectivity index (χ1) is 7.22. The molecule has 0 aliphatic heterocycles. The number of amides is 1. The molecule has 90 valence electrons. The largest absolute Gasteiger partial charge is 0.394 e. The van der Waals surface area contributed by atoms with Crippen LogP contribution >= 0.6 is 0 Å². The van der Waals surface area contributed by atoms with Crippen molar-refractivity contribution in [2.45, 2.75) is 32.2 Å².